The Hall–Kier alpha value is -0.250. The molecule has 0 saturated carbocycles. The van der Waals surface area contributed by atoms with Gasteiger partial charge in [-0.05, 0) is 31.0 Å². The van der Waals surface area contributed by atoms with Crippen LogP contribution in [0.4, 0.5) is 0 Å². The van der Waals surface area contributed by atoms with Crippen LogP contribution in [-0.2, 0) is 0 Å². The number of halogens is 2. The summed E-state index contributed by atoms with van der Waals surface area (Å²) < 4.78 is 6.78. The van der Waals surface area contributed by atoms with Crippen molar-refractivity contribution in [2.24, 2.45) is 5.73 Å². The van der Waals surface area contributed by atoms with Crippen molar-refractivity contribution in [3.05, 3.63) is 27.2 Å². The van der Waals surface area contributed by atoms with Gasteiger partial charge in [0, 0.05) is 22.5 Å². The molecule has 1 aliphatic heterocycles. The molecule has 0 spiro atoms. The van der Waals surface area contributed by atoms with Crippen molar-refractivity contribution in [1.29, 1.82) is 0 Å². The van der Waals surface area contributed by atoms with Crippen LogP contribution in [0, 0.1) is 13.8 Å². The standard InChI is InChI=1S/C11H14BrNO.ClH/c1-6-5-8(12)7(2)10-9(13)3-4-14-11(6)10;/h5,9H,3-4,13H2,1-2H3;1H/t9-;/m1./s1. The van der Waals surface area contributed by atoms with E-state index in [0.717, 1.165) is 28.8 Å². The third kappa shape index (κ3) is 2.14. The molecule has 1 atom stereocenters. The molecule has 84 valence electrons. The lowest BCUT2D eigenvalue weighted by atomic mass is 9.94. The molecule has 0 aliphatic carbocycles. The van der Waals surface area contributed by atoms with Crippen molar-refractivity contribution in [3.8, 4) is 5.75 Å². The Morgan fingerprint density at radius 1 is 1.47 bits per heavy atom. The molecular weight excluding hydrogens is 277 g/mol. The zero-order chi connectivity index (χ0) is 10.3. The van der Waals surface area contributed by atoms with Crippen molar-refractivity contribution >= 4 is 28.3 Å². The van der Waals surface area contributed by atoms with E-state index < -0.39 is 0 Å². The van der Waals surface area contributed by atoms with Crippen LogP contribution in [0.5, 0.6) is 5.75 Å². The van der Waals surface area contributed by atoms with E-state index in [1.54, 1.807) is 0 Å². The maximum Gasteiger partial charge on any atom is 0.127 e. The Labute approximate surface area is 105 Å². The van der Waals surface area contributed by atoms with Gasteiger partial charge in [0.05, 0.1) is 6.61 Å². The number of aryl methyl sites for hydroxylation is 1. The molecule has 15 heavy (non-hydrogen) atoms. The van der Waals surface area contributed by atoms with E-state index in [4.69, 9.17) is 10.5 Å². The monoisotopic (exact) mass is 291 g/mol. The molecule has 0 fully saturated rings. The first kappa shape index (κ1) is 12.8. The molecule has 0 saturated heterocycles. The summed E-state index contributed by atoms with van der Waals surface area (Å²) in [7, 11) is 0. The van der Waals surface area contributed by atoms with Gasteiger partial charge < -0.3 is 10.5 Å². The normalized spacial score (nSPS) is 18.8. The van der Waals surface area contributed by atoms with Crippen LogP contribution in [0.3, 0.4) is 0 Å². The van der Waals surface area contributed by atoms with E-state index in [-0.39, 0.29) is 18.4 Å². The lowest BCUT2D eigenvalue weighted by Crippen LogP contribution is -2.22. The number of rotatable bonds is 0. The van der Waals surface area contributed by atoms with Gasteiger partial charge in [0.1, 0.15) is 5.75 Å². The Morgan fingerprint density at radius 3 is 2.80 bits per heavy atom. The van der Waals surface area contributed by atoms with Gasteiger partial charge in [-0.15, -0.1) is 12.4 Å². The maximum atomic E-state index is 6.08. The molecule has 1 aliphatic rings. The van der Waals surface area contributed by atoms with Crippen LogP contribution >= 0.6 is 28.3 Å². The molecule has 2 nitrogen and oxygen atoms in total. The summed E-state index contributed by atoms with van der Waals surface area (Å²) in [5.74, 6) is 0.990. The summed E-state index contributed by atoms with van der Waals surface area (Å²) >= 11 is 3.54. The molecule has 1 aromatic rings. The molecule has 0 aromatic heterocycles. The summed E-state index contributed by atoms with van der Waals surface area (Å²) in [4.78, 5) is 0. The molecule has 1 aromatic carbocycles. The highest BCUT2D eigenvalue weighted by Gasteiger charge is 2.23. The fourth-order valence-electron chi connectivity index (χ4n) is 1.95. The first-order valence-corrected chi connectivity index (χ1v) is 5.58. The highest BCUT2D eigenvalue weighted by atomic mass is 79.9. The topological polar surface area (TPSA) is 35.2 Å². The average molecular weight is 293 g/mol. The molecule has 2 rings (SSSR count). The van der Waals surface area contributed by atoms with Gasteiger partial charge in [0.2, 0.25) is 0 Å². The molecule has 4 heteroatoms. The van der Waals surface area contributed by atoms with Crippen LogP contribution in [0.25, 0.3) is 0 Å². The van der Waals surface area contributed by atoms with E-state index in [2.05, 4.69) is 35.8 Å². The smallest absolute Gasteiger partial charge is 0.127 e. The van der Waals surface area contributed by atoms with Gasteiger partial charge in [-0.2, -0.15) is 0 Å². The van der Waals surface area contributed by atoms with Crippen molar-refractivity contribution in [3.63, 3.8) is 0 Å². The second-order valence-electron chi connectivity index (χ2n) is 3.79. The van der Waals surface area contributed by atoms with Gasteiger partial charge in [0.15, 0.2) is 0 Å². The summed E-state index contributed by atoms with van der Waals surface area (Å²) in [6, 6.07) is 2.21. The van der Waals surface area contributed by atoms with Gasteiger partial charge in [-0.1, -0.05) is 15.9 Å². The number of nitrogens with two attached hydrogens (primary N) is 1. The second kappa shape index (κ2) is 4.73. The van der Waals surface area contributed by atoms with Gasteiger partial charge in [-0.3, -0.25) is 0 Å². The second-order valence-corrected chi connectivity index (χ2v) is 4.64. The zero-order valence-corrected chi connectivity index (χ0v) is 11.2. The molecule has 1 heterocycles. The number of benzene rings is 1. The van der Waals surface area contributed by atoms with E-state index in [0.29, 0.717) is 0 Å². The molecule has 0 amide bonds. The van der Waals surface area contributed by atoms with E-state index in [1.807, 2.05) is 0 Å². The van der Waals surface area contributed by atoms with Crippen LogP contribution in [0.15, 0.2) is 10.5 Å². The summed E-state index contributed by atoms with van der Waals surface area (Å²) in [6.45, 7) is 4.87. The third-order valence-electron chi connectivity index (χ3n) is 2.75. The fourth-order valence-corrected chi connectivity index (χ4v) is 2.50. The van der Waals surface area contributed by atoms with Crippen LogP contribution in [0.1, 0.15) is 29.2 Å². The lowest BCUT2D eigenvalue weighted by molar-refractivity contribution is 0.266. The van der Waals surface area contributed by atoms with Crippen LogP contribution in [-0.4, -0.2) is 6.61 Å². The van der Waals surface area contributed by atoms with Crippen molar-refractivity contribution in [2.45, 2.75) is 26.3 Å². The van der Waals surface area contributed by atoms with Crippen LogP contribution < -0.4 is 10.5 Å². The minimum Gasteiger partial charge on any atom is -0.493 e. The average Bonchev–Trinajstić information content (AvgIpc) is 2.14. The minimum atomic E-state index is 0. The van der Waals surface area contributed by atoms with Gasteiger partial charge in [-0.25, -0.2) is 0 Å². The number of hydrogen-bond acceptors (Lipinski definition) is 2. The molecule has 0 unspecified atom stereocenters. The van der Waals surface area contributed by atoms with Crippen LogP contribution in [0.2, 0.25) is 0 Å². The van der Waals surface area contributed by atoms with Crippen molar-refractivity contribution in [2.75, 3.05) is 6.61 Å². The lowest BCUT2D eigenvalue weighted by Gasteiger charge is -2.26. The highest BCUT2D eigenvalue weighted by molar-refractivity contribution is 9.10. The van der Waals surface area contributed by atoms with Gasteiger partial charge >= 0.3 is 0 Å². The first-order valence-electron chi connectivity index (χ1n) is 4.79. The Kier molecular flexibility index (Phi) is 4.04. The SMILES string of the molecule is Cc1cc(Br)c(C)c2c1OCC[C@H]2N.Cl. The predicted octanol–water partition coefficient (Wildman–Crippen LogP) is 3.27. The van der Waals surface area contributed by atoms with Crippen molar-refractivity contribution in [1.82, 2.24) is 0 Å². The fraction of sp³-hybridized carbons (Fsp3) is 0.455. The summed E-state index contributed by atoms with van der Waals surface area (Å²) in [6.07, 6.45) is 0.906. The number of fused-ring (bicyclic) bond motifs is 1. The van der Waals surface area contributed by atoms with Gasteiger partial charge in [0.25, 0.3) is 0 Å². The van der Waals surface area contributed by atoms with E-state index in [9.17, 15) is 0 Å². The van der Waals surface area contributed by atoms with E-state index in [1.165, 1.54) is 11.1 Å². The minimum absolute atomic E-state index is 0. The summed E-state index contributed by atoms with van der Waals surface area (Å²) in [5, 5.41) is 0. The Morgan fingerprint density at radius 2 is 2.13 bits per heavy atom. The molecule has 2 N–H and O–H groups in total. The highest BCUT2D eigenvalue weighted by Crippen LogP contribution is 2.39. The zero-order valence-electron chi connectivity index (χ0n) is 8.84. The molecular formula is C11H15BrClNO. The largest absolute Gasteiger partial charge is 0.493 e. The maximum absolute atomic E-state index is 6.08. The third-order valence-corrected chi connectivity index (χ3v) is 3.58. The molecule has 0 radical (unpaired) electrons. The first-order chi connectivity index (χ1) is 6.61. The quantitative estimate of drug-likeness (QED) is 0.796. The number of ether oxygens (including phenoxy) is 1. The molecule has 0 bridgehead atoms. The Balaban J connectivity index is 0.00000112. The Bertz CT molecular complexity index is 381. The summed E-state index contributed by atoms with van der Waals surface area (Å²) in [5.41, 5.74) is 9.62. The predicted molar refractivity (Wildman–Crippen MR) is 67.9 cm³/mol. The van der Waals surface area contributed by atoms with Crippen molar-refractivity contribution < 1.29 is 4.74 Å². The number of hydrogen-bond donors (Lipinski definition) is 1. The van der Waals surface area contributed by atoms with E-state index >= 15 is 0 Å².